The van der Waals surface area contributed by atoms with E-state index in [1.165, 1.54) is 0 Å². The van der Waals surface area contributed by atoms with Gasteiger partial charge in [-0.05, 0) is 12.8 Å². The normalized spacial score (nSPS) is 31.7. The molecule has 3 nitrogen and oxygen atoms in total. The second kappa shape index (κ2) is 4.17. The monoisotopic (exact) mass is 245 g/mol. The molecule has 2 N–H and O–H groups in total. The zero-order valence-electron chi connectivity index (χ0n) is 7.77. The van der Waals surface area contributed by atoms with Crippen molar-refractivity contribution in [1.82, 2.24) is 5.32 Å². The molecule has 88 valence electrons. The fourth-order valence-corrected chi connectivity index (χ4v) is 1.75. The number of aliphatic hydroxyl groups is 1. The van der Waals surface area contributed by atoms with Crippen LogP contribution < -0.4 is 5.32 Å². The summed E-state index contributed by atoms with van der Waals surface area (Å²) in [6.45, 7) is 0. The first-order valence-corrected chi connectivity index (χ1v) is 4.96. The predicted molar refractivity (Wildman–Crippen MR) is 47.5 cm³/mol. The van der Waals surface area contributed by atoms with Gasteiger partial charge in [-0.3, -0.25) is 4.79 Å². The third-order valence-corrected chi connectivity index (χ3v) is 2.75. The van der Waals surface area contributed by atoms with E-state index in [0.717, 1.165) is 0 Å². The van der Waals surface area contributed by atoms with E-state index in [1.807, 2.05) is 0 Å². The van der Waals surface area contributed by atoms with E-state index in [0.29, 0.717) is 0 Å². The first-order valence-electron chi connectivity index (χ1n) is 4.43. The van der Waals surface area contributed by atoms with Crippen molar-refractivity contribution in [1.29, 1.82) is 0 Å². The summed E-state index contributed by atoms with van der Waals surface area (Å²) in [5, 5.41) is 11.6. The van der Waals surface area contributed by atoms with Crippen LogP contribution in [0.15, 0.2) is 0 Å². The summed E-state index contributed by atoms with van der Waals surface area (Å²) in [4.78, 5) is 10.8. The molecule has 1 amide bonds. The summed E-state index contributed by atoms with van der Waals surface area (Å²) in [5.74, 6) is -0.811. The third-order valence-electron chi connectivity index (χ3n) is 2.50. The standard InChI is InChI=1S/C8H11ClF3NO2/c9-4-6(14)13-5-1-2-7(15,3-5)8(10,11)12/h5,15H,1-4H2,(H,13,14). The largest absolute Gasteiger partial charge is 0.417 e. The average Bonchev–Trinajstić information content (AvgIpc) is 2.47. The average molecular weight is 246 g/mol. The number of nitrogens with one attached hydrogen (secondary N) is 1. The molecule has 15 heavy (non-hydrogen) atoms. The molecule has 1 aliphatic rings. The van der Waals surface area contributed by atoms with Gasteiger partial charge in [0.2, 0.25) is 5.91 Å². The predicted octanol–water partition coefficient (Wildman–Crippen LogP) is 1.19. The van der Waals surface area contributed by atoms with Gasteiger partial charge in [0.25, 0.3) is 0 Å². The smallest absolute Gasteiger partial charge is 0.380 e. The number of carbonyl (C=O) groups is 1. The highest BCUT2D eigenvalue weighted by molar-refractivity contribution is 6.27. The Hall–Kier alpha value is -0.490. The molecule has 1 saturated carbocycles. The molecular formula is C8H11ClF3NO2. The Morgan fingerprint density at radius 3 is 2.60 bits per heavy atom. The van der Waals surface area contributed by atoms with E-state index < -0.39 is 30.1 Å². The van der Waals surface area contributed by atoms with E-state index in [9.17, 15) is 23.1 Å². The maximum Gasteiger partial charge on any atom is 0.417 e. The topological polar surface area (TPSA) is 49.3 Å². The van der Waals surface area contributed by atoms with E-state index in [1.54, 1.807) is 0 Å². The third kappa shape index (κ3) is 2.75. The summed E-state index contributed by atoms with van der Waals surface area (Å²) in [5.41, 5.74) is -2.67. The highest BCUT2D eigenvalue weighted by atomic mass is 35.5. The number of rotatable bonds is 2. The van der Waals surface area contributed by atoms with E-state index in [4.69, 9.17) is 11.6 Å². The van der Waals surface area contributed by atoms with E-state index >= 15 is 0 Å². The van der Waals surface area contributed by atoms with Crippen LogP contribution >= 0.6 is 11.6 Å². The molecule has 0 heterocycles. The van der Waals surface area contributed by atoms with Crippen molar-refractivity contribution in [2.24, 2.45) is 0 Å². The second-order valence-corrected chi connectivity index (χ2v) is 3.94. The van der Waals surface area contributed by atoms with Crippen LogP contribution in [0, 0.1) is 0 Å². The van der Waals surface area contributed by atoms with Crippen LogP contribution in [0.4, 0.5) is 13.2 Å². The minimum Gasteiger partial charge on any atom is -0.380 e. The number of amides is 1. The van der Waals surface area contributed by atoms with Crippen LogP contribution in [0.25, 0.3) is 0 Å². The Morgan fingerprint density at radius 1 is 1.60 bits per heavy atom. The Labute approximate surface area is 89.6 Å². The van der Waals surface area contributed by atoms with Crippen molar-refractivity contribution in [2.75, 3.05) is 5.88 Å². The summed E-state index contributed by atoms with van der Waals surface area (Å²) >= 11 is 5.19. The Morgan fingerprint density at radius 2 is 2.20 bits per heavy atom. The van der Waals surface area contributed by atoms with Crippen LogP contribution in [0.2, 0.25) is 0 Å². The van der Waals surface area contributed by atoms with Gasteiger partial charge in [-0.1, -0.05) is 0 Å². The van der Waals surface area contributed by atoms with Crippen molar-refractivity contribution >= 4 is 17.5 Å². The van der Waals surface area contributed by atoms with Gasteiger partial charge in [-0.25, -0.2) is 0 Å². The number of hydrogen-bond acceptors (Lipinski definition) is 2. The first kappa shape index (κ1) is 12.6. The zero-order valence-corrected chi connectivity index (χ0v) is 8.53. The lowest BCUT2D eigenvalue weighted by Gasteiger charge is -2.25. The fraction of sp³-hybridized carbons (Fsp3) is 0.875. The number of carbonyl (C=O) groups excluding carboxylic acids is 1. The van der Waals surface area contributed by atoms with Gasteiger partial charge < -0.3 is 10.4 Å². The quantitative estimate of drug-likeness (QED) is 0.718. The molecule has 1 fully saturated rings. The molecule has 0 saturated heterocycles. The lowest BCUT2D eigenvalue weighted by Crippen LogP contribution is -2.45. The maximum atomic E-state index is 12.3. The Balaban J connectivity index is 2.55. The van der Waals surface area contributed by atoms with Crippen LogP contribution in [0.3, 0.4) is 0 Å². The number of halogens is 4. The van der Waals surface area contributed by atoms with Crippen molar-refractivity contribution in [2.45, 2.75) is 37.1 Å². The van der Waals surface area contributed by atoms with Gasteiger partial charge in [0, 0.05) is 12.5 Å². The molecule has 0 radical (unpaired) electrons. The van der Waals surface area contributed by atoms with Gasteiger partial charge in [-0.15, -0.1) is 11.6 Å². The van der Waals surface area contributed by atoms with Crippen molar-refractivity contribution in [3.05, 3.63) is 0 Å². The van der Waals surface area contributed by atoms with Gasteiger partial charge in [-0.2, -0.15) is 13.2 Å². The summed E-state index contributed by atoms with van der Waals surface area (Å²) < 4.78 is 37.0. The van der Waals surface area contributed by atoms with Crippen molar-refractivity contribution in [3.63, 3.8) is 0 Å². The molecule has 2 atom stereocenters. The molecule has 1 rings (SSSR count). The molecule has 0 aromatic heterocycles. The minimum atomic E-state index is -4.65. The molecular weight excluding hydrogens is 235 g/mol. The van der Waals surface area contributed by atoms with E-state index in [-0.39, 0.29) is 18.7 Å². The maximum absolute atomic E-state index is 12.3. The first-order chi connectivity index (χ1) is 6.78. The Kier molecular flexibility index (Phi) is 3.50. The molecule has 7 heteroatoms. The molecule has 0 aliphatic heterocycles. The van der Waals surface area contributed by atoms with Gasteiger partial charge in [0.1, 0.15) is 5.88 Å². The van der Waals surface area contributed by atoms with Crippen LogP contribution in [0.1, 0.15) is 19.3 Å². The van der Waals surface area contributed by atoms with Crippen molar-refractivity contribution < 1.29 is 23.1 Å². The summed E-state index contributed by atoms with van der Waals surface area (Å²) in [6, 6.07) is -0.650. The molecule has 0 bridgehead atoms. The van der Waals surface area contributed by atoms with Gasteiger partial charge in [0.05, 0.1) is 0 Å². The molecule has 1 aliphatic carbocycles. The number of alkyl halides is 4. The van der Waals surface area contributed by atoms with Crippen LogP contribution in [-0.2, 0) is 4.79 Å². The van der Waals surface area contributed by atoms with Crippen LogP contribution in [-0.4, -0.2) is 34.7 Å². The minimum absolute atomic E-state index is 0.110. The van der Waals surface area contributed by atoms with Crippen molar-refractivity contribution in [3.8, 4) is 0 Å². The zero-order chi connectivity index (χ0) is 11.7. The second-order valence-electron chi connectivity index (χ2n) is 3.67. The van der Waals surface area contributed by atoms with Gasteiger partial charge in [0.15, 0.2) is 5.60 Å². The number of hydrogen-bond donors (Lipinski definition) is 2. The lowest BCUT2D eigenvalue weighted by molar-refractivity contribution is -0.257. The SMILES string of the molecule is O=C(CCl)NC1CCC(O)(C(F)(F)F)C1. The van der Waals surface area contributed by atoms with Gasteiger partial charge >= 0.3 is 6.18 Å². The molecule has 0 aromatic carbocycles. The van der Waals surface area contributed by atoms with Crippen LogP contribution in [0.5, 0.6) is 0 Å². The molecule has 0 spiro atoms. The van der Waals surface area contributed by atoms with E-state index in [2.05, 4.69) is 5.32 Å². The fourth-order valence-electron chi connectivity index (χ4n) is 1.67. The highest BCUT2D eigenvalue weighted by Crippen LogP contribution is 2.42. The molecule has 2 unspecified atom stereocenters. The molecule has 0 aromatic rings. The Bertz CT molecular complexity index is 259. The summed E-state index contributed by atoms with van der Waals surface area (Å²) in [6.07, 6.45) is -5.42. The highest BCUT2D eigenvalue weighted by Gasteiger charge is 2.57. The summed E-state index contributed by atoms with van der Waals surface area (Å²) in [7, 11) is 0. The lowest BCUT2D eigenvalue weighted by atomic mass is 10.0.